The summed E-state index contributed by atoms with van der Waals surface area (Å²) < 4.78 is 26.9. The van der Waals surface area contributed by atoms with Crippen molar-refractivity contribution in [2.45, 2.75) is 37.6 Å². The number of sulfonamides is 1. The van der Waals surface area contributed by atoms with E-state index < -0.39 is 10.0 Å². The molecular weight excluding hydrogens is 260 g/mol. The van der Waals surface area contributed by atoms with E-state index in [9.17, 15) is 8.42 Å². The standard InChI is InChI=1S/C14H22N2O2S/c1-12-5-7-13(8-6-12)19(17,18)16-10-4-9-15-14(2,3)11-16/h5-8,15H,4,9-11H2,1-3H3. The summed E-state index contributed by atoms with van der Waals surface area (Å²) in [5, 5.41) is 3.38. The maximum absolute atomic E-state index is 12.6. The van der Waals surface area contributed by atoms with Crippen molar-refractivity contribution in [3.05, 3.63) is 29.8 Å². The first-order chi connectivity index (χ1) is 8.81. The molecule has 1 aromatic carbocycles. The molecule has 1 N–H and O–H groups in total. The Morgan fingerprint density at radius 1 is 1.21 bits per heavy atom. The lowest BCUT2D eigenvalue weighted by molar-refractivity contribution is 0.326. The Kier molecular flexibility index (Phi) is 3.99. The van der Waals surface area contributed by atoms with Crippen LogP contribution in [0.25, 0.3) is 0 Å². The molecule has 106 valence electrons. The fraction of sp³-hybridized carbons (Fsp3) is 0.571. The minimum Gasteiger partial charge on any atom is -0.310 e. The van der Waals surface area contributed by atoms with E-state index in [4.69, 9.17) is 0 Å². The van der Waals surface area contributed by atoms with Crippen LogP contribution in [0.2, 0.25) is 0 Å². The molecular formula is C14H22N2O2S. The van der Waals surface area contributed by atoms with Crippen molar-refractivity contribution in [2.24, 2.45) is 0 Å². The van der Waals surface area contributed by atoms with Crippen LogP contribution in [0.3, 0.4) is 0 Å². The third-order valence-electron chi connectivity index (χ3n) is 3.42. The summed E-state index contributed by atoms with van der Waals surface area (Å²) >= 11 is 0. The second kappa shape index (κ2) is 5.23. The summed E-state index contributed by atoms with van der Waals surface area (Å²) in [6.45, 7) is 7.96. The zero-order valence-corrected chi connectivity index (χ0v) is 12.6. The first-order valence-electron chi connectivity index (χ1n) is 6.63. The van der Waals surface area contributed by atoms with Crippen molar-refractivity contribution in [2.75, 3.05) is 19.6 Å². The summed E-state index contributed by atoms with van der Waals surface area (Å²) in [6.07, 6.45) is 0.842. The van der Waals surface area contributed by atoms with Gasteiger partial charge in [0.2, 0.25) is 10.0 Å². The Balaban J connectivity index is 2.30. The molecule has 1 aromatic rings. The Labute approximate surface area is 115 Å². The molecule has 0 aromatic heterocycles. The SMILES string of the molecule is Cc1ccc(S(=O)(=O)N2CCCNC(C)(C)C2)cc1. The summed E-state index contributed by atoms with van der Waals surface area (Å²) in [5.41, 5.74) is 0.880. The fourth-order valence-corrected chi connectivity index (χ4v) is 3.96. The van der Waals surface area contributed by atoms with Gasteiger partial charge in [-0.05, 0) is 45.9 Å². The molecule has 0 radical (unpaired) electrons. The van der Waals surface area contributed by atoms with Gasteiger partial charge in [-0.15, -0.1) is 0 Å². The van der Waals surface area contributed by atoms with E-state index in [0.717, 1.165) is 18.5 Å². The predicted octanol–water partition coefficient (Wildman–Crippen LogP) is 1.76. The van der Waals surface area contributed by atoms with E-state index in [0.29, 0.717) is 18.0 Å². The number of nitrogens with one attached hydrogen (secondary N) is 1. The van der Waals surface area contributed by atoms with Crippen molar-refractivity contribution in [1.29, 1.82) is 0 Å². The topological polar surface area (TPSA) is 49.4 Å². The van der Waals surface area contributed by atoms with Gasteiger partial charge < -0.3 is 5.32 Å². The molecule has 0 amide bonds. The van der Waals surface area contributed by atoms with Gasteiger partial charge in [0.05, 0.1) is 4.90 Å². The quantitative estimate of drug-likeness (QED) is 0.899. The highest BCUT2D eigenvalue weighted by Gasteiger charge is 2.32. The van der Waals surface area contributed by atoms with Gasteiger partial charge in [0.15, 0.2) is 0 Å². The average Bonchev–Trinajstić information content (AvgIpc) is 2.51. The zero-order chi connectivity index (χ0) is 14.1. The number of benzene rings is 1. The number of hydrogen-bond acceptors (Lipinski definition) is 3. The summed E-state index contributed by atoms with van der Waals surface area (Å²) in [4.78, 5) is 0.385. The number of hydrogen-bond donors (Lipinski definition) is 1. The largest absolute Gasteiger partial charge is 0.310 e. The molecule has 1 aliphatic rings. The molecule has 0 saturated carbocycles. The van der Waals surface area contributed by atoms with Crippen LogP contribution < -0.4 is 5.32 Å². The van der Waals surface area contributed by atoms with E-state index in [1.54, 1.807) is 16.4 Å². The van der Waals surface area contributed by atoms with Crippen LogP contribution in [0.5, 0.6) is 0 Å². The maximum Gasteiger partial charge on any atom is 0.243 e. The van der Waals surface area contributed by atoms with E-state index in [2.05, 4.69) is 5.32 Å². The minimum absolute atomic E-state index is 0.186. The third-order valence-corrected chi connectivity index (χ3v) is 5.28. The molecule has 1 fully saturated rings. The Bertz CT molecular complexity index is 535. The molecule has 4 nitrogen and oxygen atoms in total. The van der Waals surface area contributed by atoms with Crippen molar-refractivity contribution < 1.29 is 8.42 Å². The van der Waals surface area contributed by atoms with Gasteiger partial charge in [-0.2, -0.15) is 4.31 Å². The van der Waals surface area contributed by atoms with Crippen LogP contribution in [-0.4, -0.2) is 37.9 Å². The summed E-state index contributed by atoms with van der Waals surface area (Å²) in [6, 6.07) is 7.06. The maximum atomic E-state index is 12.6. The van der Waals surface area contributed by atoms with Crippen LogP contribution in [-0.2, 0) is 10.0 Å². The van der Waals surface area contributed by atoms with Gasteiger partial charge in [-0.3, -0.25) is 0 Å². The van der Waals surface area contributed by atoms with Gasteiger partial charge in [0.25, 0.3) is 0 Å². The molecule has 1 saturated heterocycles. The Morgan fingerprint density at radius 2 is 1.84 bits per heavy atom. The van der Waals surface area contributed by atoms with Gasteiger partial charge in [-0.1, -0.05) is 17.7 Å². The number of nitrogens with zero attached hydrogens (tertiary/aromatic N) is 1. The smallest absolute Gasteiger partial charge is 0.243 e. The molecule has 0 spiro atoms. The van der Waals surface area contributed by atoms with Crippen LogP contribution in [0.15, 0.2) is 29.2 Å². The number of aryl methyl sites for hydroxylation is 1. The molecule has 2 rings (SSSR count). The average molecular weight is 282 g/mol. The van der Waals surface area contributed by atoms with Gasteiger partial charge >= 0.3 is 0 Å². The molecule has 0 aliphatic carbocycles. The lowest BCUT2D eigenvalue weighted by Gasteiger charge is -2.29. The second-order valence-corrected chi connectivity index (χ2v) is 7.75. The van der Waals surface area contributed by atoms with E-state index in [1.165, 1.54) is 0 Å². The fourth-order valence-electron chi connectivity index (χ4n) is 2.32. The van der Waals surface area contributed by atoms with E-state index in [-0.39, 0.29) is 5.54 Å². The normalized spacial score (nSPS) is 21.0. The Morgan fingerprint density at radius 3 is 2.47 bits per heavy atom. The van der Waals surface area contributed by atoms with Crippen molar-refractivity contribution >= 4 is 10.0 Å². The zero-order valence-electron chi connectivity index (χ0n) is 11.8. The molecule has 1 heterocycles. The highest BCUT2D eigenvalue weighted by Crippen LogP contribution is 2.20. The van der Waals surface area contributed by atoms with Gasteiger partial charge in [-0.25, -0.2) is 8.42 Å². The summed E-state index contributed by atoms with van der Waals surface area (Å²) in [7, 11) is -3.38. The highest BCUT2D eigenvalue weighted by atomic mass is 32.2. The molecule has 0 atom stereocenters. The first-order valence-corrected chi connectivity index (χ1v) is 8.07. The summed E-state index contributed by atoms with van der Waals surface area (Å²) in [5.74, 6) is 0. The van der Waals surface area contributed by atoms with Gasteiger partial charge in [0.1, 0.15) is 0 Å². The van der Waals surface area contributed by atoms with Crippen LogP contribution in [0.1, 0.15) is 25.8 Å². The highest BCUT2D eigenvalue weighted by molar-refractivity contribution is 7.89. The molecule has 0 unspecified atom stereocenters. The van der Waals surface area contributed by atoms with Gasteiger partial charge in [0, 0.05) is 18.6 Å². The second-order valence-electron chi connectivity index (χ2n) is 5.82. The van der Waals surface area contributed by atoms with Crippen molar-refractivity contribution in [3.63, 3.8) is 0 Å². The first kappa shape index (κ1) is 14.5. The molecule has 0 bridgehead atoms. The van der Waals surface area contributed by atoms with E-state index in [1.807, 2.05) is 32.9 Å². The monoisotopic (exact) mass is 282 g/mol. The van der Waals surface area contributed by atoms with Crippen molar-refractivity contribution in [1.82, 2.24) is 9.62 Å². The molecule has 19 heavy (non-hydrogen) atoms. The Hall–Kier alpha value is -0.910. The molecule has 5 heteroatoms. The lowest BCUT2D eigenvalue weighted by Crippen LogP contribution is -2.47. The minimum atomic E-state index is -3.38. The van der Waals surface area contributed by atoms with Crippen LogP contribution in [0, 0.1) is 6.92 Å². The van der Waals surface area contributed by atoms with Crippen LogP contribution in [0.4, 0.5) is 0 Å². The number of rotatable bonds is 2. The van der Waals surface area contributed by atoms with E-state index >= 15 is 0 Å². The third kappa shape index (κ3) is 3.35. The van der Waals surface area contributed by atoms with Crippen LogP contribution >= 0.6 is 0 Å². The predicted molar refractivity (Wildman–Crippen MR) is 76.6 cm³/mol. The van der Waals surface area contributed by atoms with Crippen molar-refractivity contribution in [3.8, 4) is 0 Å². The lowest BCUT2D eigenvalue weighted by atomic mass is 10.1. The molecule has 1 aliphatic heterocycles.